The Morgan fingerprint density at radius 3 is 2.00 bits per heavy atom. The van der Waals surface area contributed by atoms with Crippen LogP contribution in [0.15, 0.2) is 23.3 Å². The highest BCUT2D eigenvalue weighted by Gasteiger charge is 2.53. The number of methoxy groups -OCH3 is 1. The Morgan fingerprint density at radius 1 is 0.950 bits per heavy atom. The number of esters is 1. The molecule has 0 aliphatic heterocycles. The first kappa shape index (κ1) is 35.2. The molecule has 2 saturated carbocycles. The van der Waals surface area contributed by atoms with Crippen LogP contribution in [-0.4, -0.2) is 48.6 Å². The highest BCUT2D eigenvalue weighted by Crippen LogP contribution is 2.52. The van der Waals surface area contributed by atoms with Crippen molar-refractivity contribution in [1.29, 1.82) is 0 Å². The molecular weight excluding hydrogens is 533 g/mol. The van der Waals surface area contributed by atoms with Gasteiger partial charge in [-0.15, -0.1) is 0 Å². The fraction of sp³-hybridized carbons (Fsp3) is 0.818. The van der Waals surface area contributed by atoms with E-state index in [0.717, 1.165) is 30.4 Å². The lowest BCUT2D eigenvalue weighted by Crippen LogP contribution is -2.51. The van der Waals surface area contributed by atoms with Crippen LogP contribution in [0.1, 0.15) is 99.8 Å². The van der Waals surface area contributed by atoms with Gasteiger partial charge in [0.2, 0.25) is 0 Å². The number of carbonyl (C=O) groups is 2. The molecule has 0 bridgehead atoms. The summed E-state index contributed by atoms with van der Waals surface area (Å²) < 4.78 is 18.4. The van der Waals surface area contributed by atoms with Crippen LogP contribution >= 0.6 is 0 Å². The summed E-state index contributed by atoms with van der Waals surface area (Å²) in [5.41, 5.74) is 1.54. The first-order valence-electron chi connectivity index (χ1n) is 15.8. The first-order valence-corrected chi connectivity index (χ1v) is 21.4. The third-order valence-corrected chi connectivity index (χ3v) is 10.7. The molecule has 2 aliphatic carbocycles. The number of allylic oxidation sites excluding steroid dienone is 2. The molecule has 0 radical (unpaired) electrons. The van der Waals surface area contributed by atoms with Crippen LogP contribution in [0.3, 0.4) is 0 Å². The summed E-state index contributed by atoms with van der Waals surface area (Å²) in [7, 11) is -1.39. The molecule has 7 heteroatoms. The maximum absolute atomic E-state index is 14.2. The van der Waals surface area contributed by atoms with E-state index in [1.807, 2.05) is 0 Å². The quantitative estimate of drug-likeness (QED) is 0.0761. The molecule has 4 unspecified atom stereocenters. The largest absolute Gasteiger partial charge is 0.469 e. The molecule has 0 aromatic rings. The first-order chi connectivity index (χ1) is 18.5. The molecule has 0 spiro atoms. The highest BCUT2D eigenvalue weighted by atomic mass is 28.3. The Balaban J connectivity index is 2.64. The Hall–Kier alpha value is -1.03. The second-order valence-corrected chi connectivity index (χ2v) is 19.6. The molecule has 0 heterocycles. The Labute approximate surface area is 249 Å². The minimum Gasteiger partial charge on any atom is -0.469 e. The highest BCUT2D eigenvalue weighted by molar-refractivity contribution is 6.49. The van der Waals surface area contributed by atoms with Gasteiger partial charge in [-0.1, -0.05) is 72.1 Å². The number of carbonyl (C=O) groups excluding carboxylic acids is 2. The van der Waals surface area contributed by atoms with Crippen molar-refractivity contribution in [2.75, 3.05) is 7.11 Å². The van der Waals surface area contributed by atoms with E-state index in [2.05, 4.69) is 86.8 Å². The molecule has 2 fully saturated rings. The second-order valence-electron chi connectivity index (χ2n) is 14.9. The average molecular weight is 593 g/mol. The SMILES string of the molecule is COC(=O)CCCCC(C)=C1C(=O)C(O[SiH](C)C)C(C(C)(C)C)C1C=CC(O[SiH](C)C)(C1CCCC1)C(C)(C)C. The Kier molecular flexibility index (Phi) is 12.7. The summed E-state index contributed by atoms with van der Waals surface area (Å²) in [5.74, 6) is 0.522. The number of rotatable bonds is 12. The molecule has 2 aliphatic rings. The second kappa shape index (κ2) is 14.4. The molecular formula is C33H60O5Si2. The summed E-state index contributed by atoms with van der Waals surface area (Å²) in [6, 6.07) is 0. The molecule has 4 atom stereocenters. The van der Waals surface area contributed by atoms with Gasteiger partial charge in [-0.3, -0.25) is 9.59 Å². The monoisotopic (exact) mass is 592 g/mol. The molecule has 0 aromatic carbocycles. The van der Waals surface area contributed by atoms with Crippen LogP contribution in [0.4, 0.5) is 0 Å². The van der Waals surface area contributed by atoms with Gasteiger partial charge in [0, 0.05) is 23.8 Å². The van der Waals surface area contributed by atoms with Crippen molar-refractivity contribution in [3.63, 3.8) is 0 Å². The van der Waals surface area contributed by atoms with Crippen LogP contribution < -0.4 is 0 Å². The number of hydrogen-bond acceptors (Lipinski definition) is 5. The number of ketones is 1. The molecule has 0 N–H and O–H groups in total. The number of Topliss-reactive ketones (excluding diaryl/α,β-unsaturated/α-hetero) is 1. The molecule has 0 amide bonds. The summed E-state index contributed by atoms with van der Waals surface area (Å²) in [6.45, 7) is 24.7. The van der Waals surface area contributed by atoms with Gasteiger partial charge in [0.05, 0.1) is 12.7 Å². The zero-order valence-corrected chi connectivity index (χ0v) is 30.1. The number of hydrogen-bond donors (Lipinski definition) is 0. The van der Waals surface area contributed by atoms with Gasteiger partial charge in [-0.2, -0.15) is 0 Å². The van der Waals surface area contributed by atoms with E-state index in [0.29, 0.717) is 12.3 Å². The van der Waals surface area contributed by atoms with Gasteiger partial charge in [0.1, 0.15) is 6.10 Å². The van der Waals surface area contributed by atoms with E-state index >= 15 is 0 Å². The van der Waals surface area contributed by atoms with Crippen molar-refractivity contribution >= 4 is 29.8 Å². The molecule has 0 saturated heterocycles. The van der Waals surface area contributed by atoms with Crippen LogP contribution in [0.5, 0.6) is 0 Å². The van der Waals surface area contributed by atoms with Crippen molar-refractivity contribution in [2.45, 2.75) is 138 Å². The predicted octanol–water partition coefficient (Wildman–Crippen LogP) is 7.80. The summed E-state index contributed by atoms with van der Waals surface area (Å²) in [4.78, 5) is 25.8. The Morgan fingerprint density at radius 2 is 1.52 bits per heavy atom. The fourth-order valence-corrected chi connectivity index (χ4v) is 9.47. The lowest BCUT2D eigenvalue weighted by atomic mass is 9.66. The number of unbranched alkanes of at least 4 members (excludes halogenated alkanes) is 1. The van der Waals surface area contributed by atoms with Crippen molar-refractivity contribution in [3.05, 3.63) is 23.3 Å². The topological polar surface area (TPSA) is 61.8 Å². The van der Waals surface area contributed by atoms with E-state index in [4.69, 9.17) is 13.6 Å². The summed E-state index contributed by atoms with van der Waals surface area (Å²) in [6.07, 6.45) is 12.1. The maximum Gasteiger partial charge on any atom is 0.305 e. The molecule has 230 valence electrons. The van der Waals surface area contributed by atoms with Gasteiger partial charge >= 0.3 is 5.97 Å². The van der Waals surface area contributed by atoms with E-state index in [1.54, 1.807) is 0 Å². The van der Waals surface area contributed by atoms with E-state index in [9.17, 15) is 9.59 Å². The minimum atomic E-state index is -1.46. The predicted molar refractivity (Wildman–Crippen MR) is 172 cm³/mol. The van der Waals surface area contributed by atoms with E-state index in [-0.39, 0.29) is 40.0 Å². The average Bonchev–Trinajstić information content (AvgIpc) is 3.45. The van der Waals surface area contributed by atoms with Crippen LogP contribution in [0.25, 0.3) is 0 Å². The normalized spacial score (nSPS) is 25.9. The third-order valence-electron chi connectivity index (χ3n) is 8.97. The smallest absolute Gasteiger partial charge is 0.305 e. The van der Waals surface area contributed by atoms with Gasteiger partial charge in [0.15, 0.2) is 23.9 Å². The lowest BCUT2D eigenvalue weighted by molar-refractivity contribution is -0.140. The van der Waals surface area contributed by atoms with Crippen molar-refractivity contribution in [2.24, 2.45) is 28.6 Å². The Bertz CT molecular complexity index is 918. The van der Waals surface area contributed by atoms with Gasteiger partial charge in [0.25, 0.3) is 0 Å². The van der Waals surface area contributed by atoms with Crippen LogP contribution in [0, 0.1) is 28.6 Å². The van der Waals surface area contributed by atoms with Gasteiger partial charge in [-0.25, -0.2) is 0 Å². The third kappa shape index (κ3) is 8.51. The lowest BCUT2D eigenvalue weighted by Gasteiger charge is -2.49. The summed E-state index contributed by atoms with van der Waals surface area (Å²) >= 11 is 0. The van der Waals surface area contributed by atoms with E-state index < -0.39 is 24.2 Å². The number of ether oxygens (including phenoxy) is 1. The zero-order chi connectivity index (χ0) is 30.5. The van der Waals surface area contributed by atoms with Gasteiger partial charge < -0.3 is 13.6 Å². The standard InChI is InChI=1S/C33H60O5Si2/c1-23(17-13-16-20-26(34)36-8)27-25(28(31(2,3)4)30(29(27)35)37-39(9)10)21-22-33(32(5,6)7,38-40(11)12)24-18-14-15-19-24/h21-22,24-25,28,30,39-40H,13-20H2,1-12H3. The van der Waals surface area contributed by atoms with Crippen molar-refractivity contribution in [3.8, 4) is 0 Å². The van der Waals surface area contributed by atoms with Crippen LogP contribution in [0.2, 0.25) is 26.2 Å². The fourth-order valence-electron chi connectivity index (χ4n) is 7.19. The van der Waals surface area contributed by atoms with E-state index in [1.165, 1.54) is 32.8 Å². The van der Waals surface area contributed by atoms with Crippen LogP contribution in [-0.2, 0) is 23.2 Å². The van der Waals surface area contributed by atoms with Crippen molar-refractivity contribution < 1.29 is 23.2 Å². The molecule has 5 nitrogen and oxygen atoms in total. The van der Waals surface area contributed by atoms with Gasteiger partial charge in [-0.05, 0) is 82.0 Å². The molecule has 0 aromatic heterocycles. The molecule has 40 heavy (non-hydrogen) atoms. The summed E-state index contributed by atoms with van der Waals surface area (Å²) in [5, 5.41) is 0. The molecule has 2 rings (SSSR count). The van der Waals surface area contributed by atoms with Crippen molar-refractivity contribution in [1.82, 2.24) is 0 Å². The minimum absolute atomic E-state index is 0.0218. The zero-order valence-electron chi connectivity index (χ0n) is 27.8. The maximum atomic E-state index is 14.2.